The van der Waals surface area contributed by atoms with Crippen LogP contribution < -0.4 is 5.32 Å². The molecule has 0 aromatic rings. The molecule has 0 amide bonds. The van der Waals surface area contributed by atoms with Crippen molar-refractivity contribution in [1.29, 1.82) is 0 Å². The molecule has 0 heterocycles. The molecule has 0 saturated heterocycles. The van der Waals surface area contributed by atoms with Gasteiger partial charge in [0.1, 0.15) is 6.04 Å². The van der Waals surface area contributed by atoms with Gasteiger partial charge in [-0.1, -0.05) is 27.7 Å². The maximum atomic E-state index is 11.7. The Labute approximate surface area is 110 Å². The lowest BCUT2D eigenvalue weighted by atomic mass is 10.2. The van der Waals surface area contributed by atoms with Crippen molar-refractivity contribution in [3.8, 4) is 0 Å². The quantitative estimate of drug-likeness (QED) is 0.648. The van der Waals surface area contributed by atoms with Gasteiger partial charge in [-0.3, -0.25) is 4.79 Å². The number of rotatable bonds is 9. The van der Waals surface area contributed by atoms with E-state index in [4.69, 9.17) is 4.74 Å². The number of carbonyl (C=O) groups is 1. The lowest BCUT2D eigenvalue weighted by Gasteiger charge is -2.20. The van der Waals surface area contributed by atoms with Gasteiger partial charge < -0.3 is 10.1 Å². The second kappa shape index (κ2) is 9.77. The van der Waals surface area contributed by atoms with Crippen molar-refractivity contribution in [2.45, 2.75) is 64.8 Å². The third kappa shape index (κ3) is 8.50. The fourth-order valence-corrected chi connectivity index (χ4v) is 2.43. The van der Waals surface area contributed by atoms with Gasteiger partial charge in [-0.2, -0.15) is 11.8 Å². The smallest absolute Gasteiger partial charge is 0.323 e. The molecule has 1 N–H and O–H groups in total. The summed E-state index contributed by atoms with van der Waals surface area (Å²) >= 11 is 1.92. The molecule has 0 radical (unpaired) electrons. The first-order valence-electron chi connectivity index (χ1n) is 6.55. The Kier molecular flexibility index (Phi) is 9.65. The van der Waals surface area contributed by atoms with Gasteiger partial charge in [0.25, 0.3) is 0 Å². The third-order valence-corrected chi connectivity index (χ3v) is 3.86. The van der Waals surface area contributed by atoms with E-state index >= 15 is 0 Å². The summed E-state index contributed by atoms with van der Waals surface area (Å²) < 4.78 is 5.08. The molecule has 0 aliphatic heterocycles. The molecule has 102 valence electrons. The second-order valence-corrected chi connectivity index (χ2v) is 6.05. The molecule has 2 unspecified atom stereocenters. The summed E-state index contributed by atoms with van der Waals surface area (Å²) in [6, 6.07) is 0.143. The molecule has 0 fully saturated rings. The zero-order valence-corrected chi connectivity index (χ0v) is 12.6. The van der Waals surface area contributed by atoms with Gasteiger partial charge in [-0.25, -0.2) is 0 Å². The van der Waals surface area contributed by atoms with E-state index in [9.17, 15) is 4.79 Å². The van der Waals surface area contributed by atoms with Crippen molar-refractivity contribution in [1.82, 2.24) is 5.32 Å². The van der Waals surface area contributed by atoms with Crippen LogP contribution in [0.4, 0.5) is 0 Å². The first kappa shape index (κ1) is 16.8. The fourth-order valence-electron chi connectivity index (χ4n) is 1.42. The van der Waals surface area contributed by atoms with Crippen molar-refractivity contribution >= 4 is 17.7 Å². The van der Waals surface area contributed by atoms with Crippen LogP contribution in [0.3, 0.4) is 0 Å². The van der Waals surface area contributed by atoms with E-state index in [0.29, 0.717) is 17.9 Å². The average Bonchev–Trinajstić information content (AvgIpc) is 2.27. The molecule has 0 saturated carbocycles. The molecule has 0 bridgehead atoms. The van der Waals surface area contributed by atoms with Crippen molar-refractivity contribution < 1.29 is 9.53 Å². The van der Waals surface area contributed by atoms with Crippen LogP contribution in [0.1, 0.15) is 47.5 Å². The summed E-state index contributed by atoms with van der Waals surface area (Å²) in [6.45, 7) is 10.8. The minimum atomic E-state index is -0.161. The summed E-state index contributed by atoms with van der Waals surface area (Å²) in [5, 5.41) is 3.93. The Morgan fingerprint density at radius 1 is 1.29 bits per heavy atom. The Morgan fingerprint density at radius 2 is 1.94 bits per heavy atom. The Hall–Kier alpha value is -0.220. The monoisotopic (exact) mass is 261 g/mol. The van der Waals surface area contributed by atoms with E-state index in [1.54, 1.807) is 0 Å². The summed E-state index contributed by atoms with van der Waals surface area (Å²) in [6.07, 6.45) is 2.01. The van der Waals surface area contributed by atoms with Gasteiger partial charge in [0.2, 0.25) is 0 Å². The standard InChI is InChI=1S/C13H27NO2S/c1-6-11(5)17-9-8-12(14-10(3)4)13(15)16-7-2/h10-12,14H,6-9H2,1-5H3. The normalized spacial score (nSPS) is 14.7. The topological polar surface area (TPSA) is 38.3 Å². The van der Waals surface area contributed by atoms with Gasteiger partial charge in [0.05, 0.1) is 6.61 Å². The van der Waals surface area contributed by atoms with Crippen LogP contribution in [0.2, 0.25) is 0 Å². The number of carbonyl (C=O) groups excluding carboxylic acids is 1. The predicted octanol–water partition coefficient (Wildman–Crippen LogP) is 2.84. The number of hydrogen-bond donors (Lipinski definition) is 1. The summed E-state index contributed by atoms with van der Waals surface area (Å²) in [4.78, 5) is 11.7. The Bertz CT molecular complexity index is 210. The minimum absolute atomic E-state index is 0.119. The largest absolute Gasteiger partial charge is 0.465 e. The summed E-state index contributed by atoms with van der Waals surface area (Å²) in [7, 11) is 0. The molecule has 0 aromatic heterocycles. The number of esters is 1. The molecular formula is C13H27NO2S. The van der Waals surface area contributed by atoms with Crippen molar-refractivity contribution in [2.24, 2.45) is 0 Å². The molecule has 0 spiro atoms. The highest BCUT2D eigenvalue weighted by molar-refractivity contribution is 7.99. The molecule has 0 aliphatic rings. The second-order valence-electron chi connectivity index (χ2n) is 4.50. The van der Waals surface area contributed by atoms with Crippen molar-refractivity contribution in [3.63, 3.8) is 0 Å². The third-order valence-electron chi connectivity index (χ3n) is 2.49. The molecule has 0 aromatic carbocycles. The van der Waals surface area contributed by atoms with Crippen LogP contribution in [0, 0.1) is 0 Å². The number of thioether (sulfide) groups is 1. The van der Waals surface area contributed by atoms with Gasteiger partial charge in [-0.15, -0.1) is 0 Å². The van der Waals surface area contributed by atoms with Crippen LogP contribution in [-0.2, 0) is 9.53 Å². The molecule has 0 rings (SSSR count). The van der Waals surface area contributed by atoms with Crippen LogP contribution in [0.15, 0.2) is 0 Å². The van der Waals surface area contributed by atoms with Gasteiger partial charge >= 0.3 is 5.97 Å². The lowest BCUT2D eigenvalue weighted by molar-refractivity contribution is -0.145. The zero-order valence-electron chi connectivity index (χ0n) is 11.8. The predicted molar refractivity (Wildman–Crippen MR) is 75.5 cm³/mol. The van der Waals surface area contributed by atoms with Gasteiger partial charge in [0, 0.05) is 11.3 Å². The zero-order chi connectivity index (χ0) is 13.3. The Balaban J connectivity index is 4.05. The lowest BCUT2D eigenvalue weighted by Crippen LogP contribution is -2.42. The van der Waals surface area contributed by atoms with Crippen molar-refractivity contribution in [3.05, 3.63) is 0 Å². The van der Waals surface area contributed by atoms with Crippen molar-refractivity contribution in [2.75, 3.05) is 12.4 Å². The summed E-state index contributed by atoms with van der Waals surface area (Å²) in [5.41, 5.74) is 0. The number of nitrogens with one attached hydrogen (secondary N) is 1. The van der Waals surface area contributed by atoms with E-state index in [0.717, 1.165) is 12.2 Å². The minimum Gasteiger partial charge on any atom is -0.465 e. The van der Waals surface area contributed by atoms with E-state index < -0.39 is 0 Å². The molecule has 2 atom stereocenters. The molecular weight excluding hydrogens is 234 g/mol. The van der Waals surface area contributed by atoms with Gasteiger partial charge in [0.15, 0.2) is 0 Å². The SMILES string of the molecule is CCOC(=O)C(CCSC(C)CC)NC(C)C. The number of hydrogen-bond acceptors (Lipinski definition) is 4. The molecule has 0 aliphatic carbocycles. The Morgan fingerprint density at radius 3 is 2.41 bits per heavy atom. The molecule has 3 nitrogen and oxygen atoms in total. The highest BCUT2D eigenvalue weighted by Gasteiger charge is 2.20. The fraction of sp³-hybridized carbons (Fsp3) is 0.923. The van der Waals surface area contributed by atoms with Crippen LogP contribution >= 0.6 is 11.8 Å². The van der Waals surface area contributed by atoms with Crippen LogP contribution in [0.25, 0.3) is 0 Å². The highest BCUT2D eigenvalue weighted by atomic mass is 32.2. The average molecular weight is 261 g/mol. The van der Waals surface area contributed by atoms with Gasteiger partial charge in [-0.05, 0) is 25.5 Å². The first-order valence-corrected chi connectivity index (χ1v) is 7.60. The number of ether oxygens (including phenoxy) is 1. The maximum absolute atomic E-state index is 11.7. The van der Waals surface area contributed by atoms with E-state index in [-0.39, 0.29) is 12.0 Å². The molecule has 4 heteroatoms. The van der Waals surface area contributed by atoms with E-state index in [2.05, 4.69) is 19.2 Å². The summed E-state index contributed by atoms with van der Waals surface area (Å²) in [5.74, 6) is 0.879. The highest BCUT2D eigenvalue weighted by Crippen LogP contribution is 2.15. The first-order chi connectivity index (χ1) is 8.01. The van der Waals surface area contributed by atoms with E-state index in [1.165, 1.54) is 6.42 Å². The van der Waals surface area contributed by atoms with E-state index in [1.807, 2.05) is 32.5 Å². The van der Waals surface area contributed by atoms with Crippen LogP contribution in [0.5, 0.6) is 0 Å². The van der Waals surface area contributed by atoms with Crippen LogP contribution in [-0.4, -0.2) is 35.7 Å². The maximum Gasteiger partial charge on any atom is 0.323 e. The molecule has 17 heavy (non-hydrogen) atoms.